The van der Waals surface area contributed by atoms with Crippen LogP contribution in [0.25, 0.3) is 11.4 Å². The molecule has 8 nitrogen and oxygen atoms in total. The van der Waals surface area contributed by atoms with Crippen LogP contribution in [0, 0.1) is 0 Å². The molecule has 0 aliphatic carbocycles. The van der Waals surface area contributed by atoms with E-state index in [0.717, 1.165) is 17.5 Å². The molecule has 8 heteroatoms. The minimum atomic E-state index is -0.0826. The lowest BCUT2D eigenvalue weighted by Crippen LogP contribution is -2.32. The van der Waals surface area contributed by atoms with Gasteiger partial charge in [-0.25, -0.2) is 0 Å². The zero-order valence-corrected chi connectivity index (χ0v) is 17.8. The zero-order chi connectivity index (χ0) is 21.5. The molecule has 3 rings (SSSR count). The first-order valence-corrected chi connectivity index (χ1v) is 9.86. The zero-order valence-electron chi connectivity index (χ0n) is 17.8. The Labute approximate surface area is 176 Å². The Bertz CT molecular complexity index is 985. The van der Waals surface area contributed by atoms with Crippen molar-refractivity contribution in [2.45, 2.75) is 26.3 Å². The number of hydrogen-bond acceptors (Lipinski definition) is 6. The predicted molar refractivity (Wildman–Crippen MR) is 114 cm³/mol. The number of carbonyl (C=O) groups excluding carboxylic acids is 1. The minimum absolute atomic E-state index is 0.0441. The van der Waals surface area contributed by atoms with Gasteiger partial charge < -0.3 is 14.4 Å². The maximum absolute atomic E-state index is 12.5. The van der Waals surface area contributed by atoms with E-state index in [1.54, 1.807) is 26.2 Å². The third-order valence-electron chi connectivity index (χ3n) is 4.96. The van der Waals surface area contributed by atoms with Gasteiger partial charge in [0.1, 0.15) is 6.54 Å². The number of nitrogens with zero attached hydrogens (tertiary/aromatic N) is 5. The maximum Gasteiger partial charge on any atom is 0.245 e. The summed E-state index contributed by atoms with van der Waals surface area (Å²) in [4.78, 5) is 15.5. The molecule has 30 heavy (non-hydrogen) atoms. The van der Waals surface area contributed by atoms with Crippen LogP contribution in [0.5, 0.6) is 11.5 Å². The van der Waals surface area contributed by atoms with Gasteiger partial charge in [0.25, 0.3) is 0 Å². The molecule has 0 radical (unpaired) electrons. The van der Waals surface area contributed by atoms with Gasteiger partial charge in [0.2, 0.25) is 11.7 Å². The van der Waals surface area contributed by atoms with Crippen LogP contribution in [0.3, 0.4) is 0 Å². The van der Waals surface area contributed by atoms with Crippen LogP contribution in [0.1, 0.15) is 18.1 Å². The van der Waals surface area contributed by atoms with Gasteiger partial charge in [0.05, 0.1) is 14.2 Å². The van der Waals surface area contributed by atoms with E-state index in [9.17, 15) is 4.79 Å². The van der Waals surface area contributed by atoms with Crippen molar-refractivity contribution in [2.24, 2.45) is 0 Å². The molecule has 0 spiro atoms. The maximum atomic E-state index is 12.5. The molecule has 0 aliphatic heterocycles. The molecule has 0 fully saturated rings. The molecule has 1 aromatic heterocycles. The van der Waals surface area contributed by atoms with Crippen LogP contribution >= 0.6 is 0 Å². The highest BCUT2D eigenvalue weighted by atomic mass is 16.5. The van der Waals surface area contributed by atoms with E-state index >= 15 is 0 Å². The first kappa shape index (κ1) is 21.3. The van der Waals surface area contributed by atoms with E-state index in [0.29, 0.717) is 30.3 Å². The second-order valence-electron chi connectivity index (χ2n) is 6.95. The van der Waals surface area contributed by atoms with E-state index in [-0.39, 0.29) is 12.5 Å². The summed E-state index contributed by atoms with van der Waals surface area (Å²) in [6.07, 6.45) is 1.67. The second kappa shape index (κ2) is 9.87. The highest BCUT2D eigenvalue weighted by Crippen LogP contribution is 2.27. The second-order valence-corrected chi connectivity index (χ2v) is 6.95. The van der Waals surface area contributed by atoms with E-state index in [4.69, 9.17) is 9.47 Å². The highest BCUT2D eigenvalue weighted by molar-refractivity contribution is 5.75. The SMILES string of the molecule is CCc1ccc(-c2nnn(CC(=O)N(C)CCc3ccc(OC)c(OC)c3)n2)cc1. The van der Waals surface area contributed by atoms with Crippen molar-refractivity contribution < 1.29 is 14.3 Å². The van der Waals surface area contributed by atoms with Crippen molar-refractivity contribution in [3.63, 3.8) is 0 Å². The lowest BCUT2D eigenvalue weighted by atomic mass is 10.1. The number of likely N-dealkylation sites (N-methyl/N-ethyl adjacent to an activating group) is 1. The van der Waals surface area contributed by atoms with Crippen LogP contribution in [0.2, 0.25) is 0 Å². The molecule has 0 saturated heterocycles. The summed E-state index contributed by atoms with van der Waals surface area (Å²) in [5.41, 5.74) is 3.19. The number of benzene rings is 2. The van der Waals surface area contributed by atoms with Gasteiger partial charge >= 0.3 is 0 Å². The Kier molecular flexibility index (Phi) is 7.00. The number of carbonyl (C=O) groups is 1. The van der Waals surface area contributed by atoms with E-state index < -0.39 is 0 Å². The monoisotopic (exact) mass is 409 g/mol. The van der Waals surface area contributed by atoms with Crippen molar-refractivity contribution >= 4 is 5.91 Å². The van der Waals surface area contributed by atoms with Crippen molar-refractivity contribution in [1.82, 2.24) is 25.1 Å². The van der Waals surface area contributed by atoms with E-state index in [1.165, 1.54) is 10.4 Å². The summed E-state index contributed by atoms with van der Waals surface area (Å²) in [7, 11) is 4.98. The van der Waals surface area contributed by atoms with Gasteiger partial charge in [-0.3, -0.25) is 4.79 Å². The number of hydrogen-bond donors (Lipinski definition) is 0. The van der Waals surface area contributed by atoms with Crippen molar-refractivity contribution in [1.29, 1.82) is 0 Å². The van der Waals surface area contributed by atoms with Gasteiger partial charge in [-0.2, -0.15) is 4.80 Å². The number of aromatic nitrogens is 4. The van der Waals surface area contributed by atoms with Crippen molar-refractivity contribution in [3.05, 3.63) is 53.6 Å². The summed E-state index contributed by atoms with van der Waals surface area (Å²) in [5, 5.41) is 12.4. The van der Waals surface area contributed by atoms with Gasteiger partial charge in [-0.15, -0.1) is 10.2 Å². The number of aryl methyl sites for hydroxylation is 1. The molecule has 158 valence electrons. The third-order valence-corrected chi connectivity index (χ3v) is 4.96. The molecule has 2 aromatic carbocycles. The largest absolute Gasteiger partial charge is 0.493 e. The fourth-order valence-electron chi connectivity index (χ4n) is 3.01. The van der Waals surface area contributed by atoms with Gasteiger partial charge in [-0.05, 0) is 41.3 Å². The van der Waals surface area contributed by atoms with Crippen LogP contribution in [-0.4, -0.2) is 58.8 Å². The van der Waals surface area contributed by atoms with Gasteiger partial charge in [0.15, 0.2) is 11.5 Å². The number of tetrazole rings is 1. The Balaban J connectivity index is 1.56. The summed E-state index contributed by atoms with van der Waals surface area (Å²) >= 11 is 0. The molecule has 1 amide bonds. The molecule has 3 aromatic rings. The van der Waals surface area contributed by atoms with Crippen LogP contribution in [0.15, 0.2) is 42.5 Å². The fraction of sp³-hybridized carbons (Fsp3) is 0.364. The Morgan fingerprint density at radius 3 is 2.40 bits per heavy atom. The fourth-order valence-corrected chi connectivity index (χ4v) is 3.01. The van der Waals surface area contributed by atoms with E-state index in [1.807, 2.05) is 42.5 Å². The molecule has 0 atom stereocenters. The summed E-state index contributed by atoms with van der Waals surface area (Å²) in [6, 6.07) is 13.8. The summed E-state index contributed by atoms with van der Waals surface area (Å²) in [6.45, 7) is 2.72. The molecule has 0 N–H and O–H groups in total. The number of ether oxygens (including phenoxy) is 2. The van der Waals surface area contributed by atoms with Gasteiger partial charge in [-0.1, -0.05) is 37.3 Å². The first-order valence-electron chi connectivity index (χ1n) is 9.86. The number of methoxy groups -OCH3 is 2. The lowest BCUT2D eigenvalue weighted by molar-refractivity contribution is -0.130. The topological polar surface area (TPSA) is 82.4 Å². The van der Waals surface area contributed by atoms with Crippen LogP contribution < -0.4 is 9.47 Å². The average molecular weight is 409 g/mol. The van der Waals surface area contributed by atoms with E-state index in [2.05, 4.69) is 22.3 Å². The normalized spacial score (nSPS) is 10.7. The predicted octanol–water partition coefficient (Wildman–Crippen LogP) is 2.62. The Morgan fingerprint density at radius 2 is 1.73 bits per heavy atom. The minimum Gasteiger partial charge on any atom is -0.493 e. The first-order chi connectivity index (χ1) is 14.5. The number of amides is 1. The molecular weight excluding hydrogens is 382 g/mol. The standard InChI is InChI=1S/C22H27N5O3/c1-5-16-6-9-18(10-7-16)22-23-25-27(24-22)15-21(28)26(2)13-12-17-8-11-19(29-3)20(14-17)30-4/h6-11,14H,5,12-13,15H2,1-4H3. The summed E-state index contributed by atoms with van der Waals surface area (Å²) in [5.74, 6) is 1.79. The van der Waals surface area contributed by atoms with Crippen molar-refractivity contribution in [3.8, 4) is 22.9 Å². The molecule has 0 aliphatic rings. The van der Waals surface area contributed by atoms with Crippen molar-refractivity contribution in [2.75, 3.05) is 27.8 Å². The highest BCUT2D eigenvalue weighted by Gasteiger charge is 2.14. The average Bonchev–Trinajstić information content (AvgIpc) is 3.25. The van der Waals surface area contributed by atoms with Crippen LogP contribution in [0.4, 0.5) is 0 Å². The Hall–Kier alpha value is -3.42. The molecule has 0 unspecified atom stereocenters. The molecule has 1 heterocycles. The van der Waals surface area contributed by atoms with Crippen LogP contribution in [-0.2, 0) is 24.2 Å². The molecule has 0 bridgehead atoms. The molecule has 0 saturated carbocycles. The lowest BCUT2D eigenvalue weighted by Gasteiger charge is -2.17. The smallest absolute Gasteiger partial charge is 0.245 e. The molecular formula is C22H27N5O3. The quantitative estimate of drug-likeness (QED) is 0.540. The third kappa shape index (κ3) is 5.14. The number of rotatable bonds is 9. The van der Waals surface area contributed by atoms with Gasteiger partial charge in [0, 0.05) is 19.2 Å². The summed E-state index contributed by atoms with van der Waals surface area (Å²) < 4.78 is 10.6. The Morgan fingerprint density at radius 1 is 1.03 bits per heavy atom.